The van der Waals surface area contributed by atoms with Crippen molar-refractivity contribution in [2.45, 2.75) is 19.9 Å². The molecular formula is C18H19N3O2. The van der Waals surface area contributed by atoms with Gasteiger partial charge in [0, 0.05) is 19.4 Å². The second kappa shape index (κ2) is 6.12. The summed E-state index contributed by atoms with van der Waals surface area (Å²) in [6, 6.07) is 11.2. The van der Waals surface area contributed by atoms with Crippen LogP contribution in [-0.2, 0) is 7.05 Å². The van der Waals surface area contributed by atoms with Crippen LogP contribution in [0, 0.1) is 13.8 Å². The molecule has 3 aromatic rings. The van der Waals surface area contributed by atoms with Crippen molar-refractivity contribution in [1.82, 2.24) is 14.9 Å². The number of hydrogen-bond acceptors (Lipinski definition) is 3. The summed E-state index contributed by atoms with van der Waals surface area (Å²) >= 11 is 0. The summed E-state index contributed by atoms with van der Waals surface area (Å²) in [7, 11) is 1.91. The standard InChI is InChI=1S/C18H19N3O2/c1-12-11-15(13(2)23-12)18(22)20-16(14-7-5-4-6-8-14)17-19-9-10-21(17)3/h4-11,16H,1-3H3,(H,20,22)/t16-/m0/s1. The molecular weight excluding hydrogens is 290 g/mol. The summed E-state index contributed by atoms with van der Waals surface area (Å²) in [6.45, 7) is 3.62. The summed E-state index contributed by atoms with van der Waals surface area (Å²) in [6.07, 6.45) is 3.59. The number of carbonyl (C=O) groups is 1. The molecule has 0 spiro atoms. The third-order valence-corrected chi connectivity index (χ3v) is 3.81. The number of hydrogen-bond donors (Lipinski definition) is 1. The zero-order chi connectivity index (χ0) is 16.4. The Balaban J connectivity index is 1.95. The largest absolute Gasteiger partial charge is 0.466 e. The first-order valence-electron chi connectivity index (χ1n) is 7.46. The fourth-order valence-electron chi connectivity index (χ4n) is 2.66. The van der Waals surface area contributed by atoms with E-state index in [0.29, 0.717) is 11.3 Å². The predicted molar refractivity (Wildman–Crippen MR) is 87.1 cm³/mol. The molecule has 118 valence electrons. The van der Waals surface area contributed by atoms with Crippen molar-refractivity contribution < 1.29 is 9.21 Å². The van der Waals surface area contributed by atoms with Crippen LogP contribution in [0.3, 0.4) is 0 Å². The molecule has 0 unspecified atom stereocenters. The molecule has 0 radical (unpaired) electrons. The number of amides is 1. The first-order valence-corrected chi connectivity index (χ1v) is 7.46. The van der Waals surface area contributed by atoms with Crippen LogP contribution in [0.1, 0.15) is 39.3 Å². The van der Waals surface area contributed by atoms with E-state index in [1.807, 2.05) is 55.1 Å². The van der Waals surface area contributed by atoms with Gasteiger partial charge >= 0.3 is 0 Å². The summed E-state index contributed by atoms with van der Waals surface area (Å²) in [5.74, 6) is 1.95. The Morgan fingerprint density at radius 3 is 2.57 bits per heavy atom. The van der Waals surface area contributed by atoms with Crippen LogP contribution in [0.15, 0.2) is 53.2 Å². The van der Waals surface area contributed by atoms with E-state index in [2.05, 4.69) is 10.3 Å². The van der Waals surface area contributed by atoms with Crippen LogP contribution in [0.4, 0.5) is 0 Å². The maximum absolute atomic E-state index is 12.7. The van der Waals surface area contributed by atoms with Crippen molar-refractivity contribution in [3.05, 3.63) is 77.3 Å². The van der Waals surface area contributed by atoms with Crippen molar-refractivity contribution in [2.24, 2.45) is 7.05 Å². The molecule has 1 N–H and O–H groups in total. The van der Waals surface area contributed by atoms with E-state index in [1.165, 1.54) is 0 Å². The zero-order valence-electron chi connectivity index (χ0n) is 13.4. The number of rotatable bonds is 4. The minimum atomic E-state index is -0.321. The zero-order valence-corrected chi connectivity index (χ0v) is 13.4. The van der Waals surface area contributed by atoms with Crippen LogP contribution < -0.4 is 5.32 Å². The fraction of sp³-hybridized carbons (Fsp3) is 0.222. The average Bonchev–Trinajstić information content (AvgIpc) is 3.11. The van der Waals surface area contributed by atoms with Gasteiger partial charge in [-0.3, -0.25) is 4.79 Å². The normalized spacial score (nSPS) is 12.1. The van der Waals surface area contributed by atoms with E-state index >= 15 is 0 Å². The lowest BCUT2D eigenvalue weighted by Crippen LogP contribution is -2.31. The van der Waals surface area contributed by atoms with Gasteiger partial charge in [0.05, 0.1) is 5.56 Å². The first-order chi connectivity index (χ1) is 11.1. The number of nitrogens with one attached hydrogen (secondary N) is 1. The van der Waals surface area contributed by atoms with E-state index in [1.54, 1.807) is 19.2 Å². The molecule has 0 saturated heterocycles. The Morgan fingerprint density at radius 2 is 2.00 bits per heavy atom. The molecule has 3 rings (SSSR count). The maximum Gasteiger partial charge on any atom is 0.255 e. The molecule has 23 heavy (non-hydrogen) atoms. The van der Waals surface area contributed by atoms with Crippen LogP contribution in [0.2, 0.25) is 0 Å². The van der Waals surface area contributed by atoms with Crippen LogP contribution in [0.25, 0.3) is 0 Å². The molecule has 1 atom stereocenters. The molecule has 2 heterocycles. The fourth-order valence-corrected chi connectivity index (χ4v) is 2.66. The minimum Gasteiger partial charge on any atom is -0.466 e. The number of carbonyl (C=O) groups excluding carboxylic acids is 1. The Morgan fingerprint density at radius 1 is 1.26 bits per heavy atom. The quantitative estimate of drug-likeness (QED) is 0.805. The lowest BCUT2D eigenvalue weighted by molar-refractivity contribution is 0.0939. The van der Waals surface area contributed by atoms with E-state index < -0.39 is 0 Å². The van der Waals surface area contributed by atoms with Crippen molar-refractivity contribution in [2.75, 3.05) is 0 Å². The van der Waals surface area contributed by atoms with Crippen molar-refractivity contribution in [3.8, 4) is 0 Å². The molecule has 1 aromatic carbocycles. The topological polar surface area (TPSA) is 60.1 Å². The van der Waals surface area contributed by atoms with Gasteiger partial charge in [-0.25, -0.2) is 4.98 Å². The number of imidazole rings is 1. The van der Waals surface area contributed by atoms with Gasteiger partial charge in [-0.2, -0.15) is 0 Å². The molecule has 0 aliphatic heterocycles. The number of furan rings is 1. The van der Waals surface area contributed by atoms with Crippen LogP contribution >= 0.6 is 0 Å². The molecule has 0 saturated carbocycles. The summed E-state index contributed by atoms with van der Waals surface area (Å²) < 4.78 is 7.36. The van der Waals surface area contributed by atoms with E-state index in [0.717, 1.165) is 17.1 Å². The smallest absolute Gasteiger partial charge is 0.255 e. The van der Waals surface area contributed by atoms with Crippen LogP contribution in [0.5, 0.6) is 0 Å². The Kier molecular flexibility index (Phi) is 4.02. The van der Waals surface area contributed by atoms with E-state index in [9.17, 15) is 4.79 Å². The molecule has 5 heteroatoms. The Labute approximate surface area is 135 Å². The molecule has 0 aliphatic rings. The highest BCUT2D eigenvalue weighted by molar-refractivity contribution is 5.95. The predicted octanol–water partition coefficient (Wildman–Crippen LogP) is 3.15. The molecule has 5 nitrogen and oxygen atoms in total. The number of aryl methyl sites for hydroxylation is 3. The van der Waals surface area contributed by atoms with Crippen molar-refractivity contribution in [1.29, 1.82) is 0 Å². The third-order valence-electron chi connectivity index (χ3n) is 3.81. The second-order valence-corrected chi connectivity index (χ2v) is 5.54. The Bertz CT molecular complexity index is 818. The van der Waals surface area contributed by atoms with Gasteiger partial charge in [0.25, 0.3) is 5.91 Å². The average molecular weight is 309 g/mol. The maximum atomic E-state index is 12.7. The summed E-state index contributed by atoms with van der Waals surface area (Å²) in [5, 5.41) is 3.06. The highest BCUT2D eigenvalue weighted by atomic mass is 16.3. The monoisotopic (exact) mass is 309 g/mol. The molecule has 0 aliphatic carbocycles. The first kappa shape index (κ1) is 15.1. The van der Waals surface area contributed by atoms with Gasteiger partial charge in [-0.05, 0) is 25.5 Å². The van der Waals surface area contributed by atoms with Crippen molar-refractivity contribution in [3.63, 3.8) is 0 Å². The number of benzene rings is 1. The SMILES string of the molecule is Cc1cc(C(=O)N[C@@H](c2ccccc2)c2nccn2C)c(C)o1. The van der Waals surface area contributed by atoms with Crippen molar-refractivity contribution >= 4 is 5.91 Å². The van der Waals surface area contributed by atoms with Gasteiger partial charge in [0.1, 0.15) is 23.4 Å². The van der Waals surface area contributed by atoms with Gasteiger partial charge < -0.3 is 14.3 Å². The lowest BCUT2D eigenvalue weighted by atomic mass is 10.1. The highest BCUT2D eigenvalue weighted by Gasteiger charge is 2.23. The van der Waals surface area contributed by atoms with E-state index in [4.69, 9.17) is 4.42 Å². The number of nitrogens with zero attached hydrogens (tertiary/aromatic N) is 2. The van der Waals surface area contributed by atoms with Gasteiger partial charge in [-0.1, -0.05) is 30.3 Å². The molecule has 2 aromatic heterocycles. The summed E-state index contributed by atoms with van der Waals surface area (Å²) in [5.41, 5.74) is 1.53. The van der Waals surface area contributed by atoms with Gasteiger partial charge in [-0.15, -0.1) is 0 Å². The molecule has 0 fully saturated rings. The summed E-state index contributed by atoms with van der Waals surface area (Å²) in [4.78, 5) is 17.1. The molecule has 0 bridgehead atoms. The van der Waals surface area contributed by atoms with Crippen LogP contribution in [-0.4, -0.2) is 15.5 Å². The van der Waals surface area contributed by atoms with E-state index in [-0.39, 0.29) is 11.9 Å². The minimum absolute atomic E-state index is 0.170. The third kappa shape index (κ3) is 3.04. The Hall–Kier alpha value is -2.82. The molecule has 1 amide bonds. The lowest BCUT2D eigenvalue weighted by Gasteiger charge is -2.19. The second-order valence-electron chi connectivity index (χ2n) is 5.54. The highest BCUT2D eigenvalue weighted by Crippen LogP contribution is 2.22. The number of aromatic nitrogens is 2. The van der Waals surface area contributed by atoms with Gasteiger partial charge in [0.15, 0.2) is 0 Å². The van der Waals surface area contributed by atoms with Gasteiger partial charge in [0.2, 0.25) is 0 Å².